The van der Waals surface area contributed by atoms with E-state index < -0.39 is 0 Å². The molecule has 0 atom stereocenters. The van der Waals surface area contributed by atoms with E-state index in [0.29, 0.717) is 5.52 Å². The predicted molar refractivity (Wildman–Crippen MR) is 71.1 cm³/mol. The van der Waals surface area contributed by atoms with Gasteiger partial charge in [-0.2, -0.15) is 0 Å². The zero-order chi connectivity index (χ0) is 11.2. The normalized spacial score (nSPS) is 17.3. The van der Waals surface area contributed by atoms with Crippen molar-refractivity contribution in [2.45, 2.75) is 38.5 Å². The lowest BCUT2D eigenvalue weighted by Gasteiger charge is -2.21. The summed E-state index contributed by atoms with van der Waals surface area (Å²) in [4.78, 5) is 0. The molecule has 0 aromatic heterocycles. The third-order valence-electron chi connectivity index (χ3n) is 3.39. The Morgan fingerprint density at radius 2 is 1.75 bits per heavy atom. The minimum atomic E-state index is 0.564. The minimum Gasteiger partial charge on any atom is -0.482 e. The monoisotopic (exact) mass is 282 g/mol. The molecule has 88 valence electrons. The summed E-state index contributed by atoms with van der Waals surface area (Å²) >= 11 is 3.26. The first-order chi connectivity index (χ1) is 7.88. The fourth-order valence-corrected chi connectivity index (χ4v) is 2.77. The van der Waals surface area contributed by atoms with Crippen molar-refractivity contribution in [3.8, 4) is 5.75 Å². The molecular formula is C14H19BrO. The SMILES string of the molecule is BrCOc1ccc(CC2CCCCC2)cc1. The first-order valence-corrected chi connectivity index (χ1v) is 7.28. The van der Waals surface area contributed by atoms with Gasteiger partial charge in [0.1, 0.15) is 11.3 Å². The molecule has 0 N–H and O–H groups in total. The lowest BCUT2D eigenvalue weighted by Crippen LogP contribution is -2.09. The van der Waals surface area contributed by atoms with Crippen molar-refractivity contribution in [3.63, 3.8) is 0 Å². The summed E-state index contributed by atoms with van der Waals surface area (Å²) in [5, 5.41) is 0. The van der Waals surface area contributed by atoms with E-state index in [-0.39, 0.29) is 0 Å². The molecule has 1 aliphatic carbocycles. The van der Waals surface area contributed by atoms with Crippen LogP contribution in [0.4, 0.5) is 0 Å². The largest absolute Gasteiger partial charge is 0.482 e. The lowest BCUT2D eigenvalue weighted by atomic mass is 9.85. The van der Waals surface area contributed by atoms with Crippen LogP contribution in [-0.4, -0.2) is 5.52 Å². The van der Waals surface area contributed by atoms with E-state index in [9.17, 15) is 0 Å². The summed E-state index contributed by atoms with van der Waals surface area (Å²) in [7, 11) is 0. The zero-order valence-electron chi connectivity index (χ0n) is 9.62. The molecule has 2 heteroatoms. The topological polar surface area (TPSA) is 9.23 Å². The molecule has 0 saturated heterocycles. The molecule has 0 spiro atoms. The number of hydrogen-bond donors (Lipinski definition) is 0. The van der Waals surface area contributed by atoms with Gasteiger partial charge in [0.05, 0.1) is 0 Å². The zero-order valence-corrected chi connectivity index (χ0v) is 11.2. The summed E-state index contributed by atoms with van der Waals surface area (Å²) in [5.74, 6) is 1.86. The van der Waals surface area contributed by atoms with Crippen LogP contribution < -0.4 is 4.74 Å². The number of alkyl halides is 1. The molecule has 1 nitrogen and oxygen atoms in total. The molecule has 0 aliphatic heterocycles. The highest BCUT2D eigenvalue weighted by atomic mass is 79.9. The third kappa shape index (κ3) is 3.51. The Morgan fingerprint density at radius 3 is 2.38 bits per heavy atom. The fourth-order valence-electron chi connectivity index (χ4n) is 2.51. The van der Waals surface area contributed by atoms with Gasteiger partial charge in [-0.1, -0.05) is 44.2 Å². The highest BCUT2D eigenvalue weighted by molar-refractivity contribution is 9.09. The summed E-state index contributed by atoms with van der Waals surface area (Å²) in [6.45, 7) is 0. The maximum atomic E-state index is 5.37. The second kappa shape index (κ2) is 6.29. The van der Waals surface area contributed by atoms with Gasteiger partial charge in [0, 0.05) is 0 Å². The molecule has 1 fully saturated rings. The van der Waals surface area contributed by atoms with Crippen LogP contribution in [0.5, 0.6) is 5.75 Å². The highest BCUT2D eigenvalue weighted by Gasteiger charge is 2.13. The van der Waals surface area contributed by atoms with Crippen LogP contribution in [0, 0.1) is 5.92 Å². The van der Waals surface area contributed by atoms with Crippen LogP contribution in [0.1, 0.15) is 37.7 Å². The van der Waals surface area contributed by atoms with Crippen molar-refractivity contribution in [2.24, 2.45) is 5.92 Å². The van der Waals surface area contributed by atoms with Gasteiger partial charge in [-0.3, -0.25) is 0 Å². The maximum absolute atomic E-state index is 5.37. The average Bonchev–Trinajstić information content (AvgIpc) is 2.33. The van der Waals surface area contributed by atoms with E-state index in [4.69, 9.17) is 4.74 Å². The summed E-state index contributed by atoms with van der Waals surface area (Å²) in [6, 6.07) is 8.54. The van der Waals surface area contributed by atoms with Crippen molar-refractivity contribution in [3.05, 3.63) is 29.8 Å². The van der Waals surface area contributed by atoms with E-state index in [1.54, 1.807) is 0 Å². The van der Waals surface area contributed by atoms with Gasteiger partial charge in [-0.15, -0.1) is 0 Å². The van der Waals surface area contributed by atoms with Gasteiger partial charge in [-0.25, -0.2) is 0 Å². The van der Waals surface area contributed by atoms with E-state index in [0.717, 1.165) is 11.7 Å². The van der Waals surface area contributed by atoms with E-state index in [1.165, 1.54) is 44.1 Å². The van der Waals surface area contributed by atoms with Crippen LogP contribution in [-0.2, 0) is 6.42 Å². The quantitative estimate of drug-likeness (QED) is 0.737. The molecule has 0 heterocycles. The minimum absolute atomic E-state index is 0.564. The molecule has 0 bridgehead atoms. The Balaban J connectivity index is 1.88. The van der Waals surface area contributed by atoms with Crippen molar-refractivity contribution in [1.29, 1.82) is 0 Å². The maximum Gasteiger partial charge on any atom is 0.143 e. The highest BCUT2D eigenvalue weighted by Crippen LogP contribution is 2.27. The molecule has 1 saturated carbocycles. The van der Waals surface area contributed by atoms with Crippen molar-refractivity contribution in [2.75, 3.05) is 5.52 Å². The van der Waals surface area contributed by atoms with Gasteiger partial charge in [0.25, 0.3) is 0 Å². The molecular weight excluding hydrogens is 264 g/mol. The molecule has 0 unspecified atom stereocenters. The molecule has 1 aromatic carbocycles. The van der Waals surface area contributed by atoms with Gasteiger partial charge in [0.15, 0.2) is 0 Å². The van der Waals surface area contributed by atoms with Crippen LogP contribution in [0.25, 0.3) is 0 Å². The van der Waals surface area contributed by atoms with E-state index in [1.807, 2.05) is 0 Å². The Labute approximate surface area is 106 Å². The Bertz CT molecular complexity index is 301. The second-order valence-corrected chi connectivity index (χ2v) is 5.06. The summed E-state index contributed by atoms with van der Waals surface area (Å²) < 4.78 is 5.37. The Kier molecular flexibility index (Phi) is 4.70. The first kappa shape index (κ1) is 12.0. The van der Waals surface area contributed by atoms with Gasteiger partial charge in [0.2, 0.25) is 0 Å². The number of halogens is 1. The van der Waals surface area contributed by atoms with Gasteiger partial charge in [-0.05, 0) is 46.0 Å². The summed E-state index contributed by atoms with van der Waals surface area (Å²) in [6.07, 6.45) is 8.37. The smallest absolute Gasteiger partial charge is 0.143 e. The van der Waals surface area contributed by atoms with Crippen LogP contribution in [0.2, 0.25) is 0 Å². The predicted octanol–water partition coefficient (Wildman–Crippen LogP) is 4.54. The van der Waals surface area contributed by atoms with Gasteiger partial charge < -0.3 is 4.74 Å². The number of rotatable bonds is 4. The average molecular weight is 283 g/mol. The molecule has 0 radical (unpaired) electrons. The molecule has 2 rings (SSSR count). The van der Waals surface area contributed by atoms with Crippen LogP contribution >= 0.6 is 15.9 Å². The fraction of sp³-hybridized carbons (Fsp3) is 0.571. The van der Waals surface area contributed by atoms with E-state index in [2.05, 4.69) is 40.2 Å². The first-order valence-electron chi connectivity index (χ1n) is 6.16. The number of hydrogen-bond acceptors (Lipinski definition) is 1. The van der Waals surface area contributed by atoms with Crippen LogP contribution in [0.15, 0.2) is 24.3 Å². The van der Waals surface area contributed by atoms with E-state index >= 15 is 0 Å². The second-order valence-electron chi connectivity index (χ2n) is 4.61. The van der Waals surface area contributed by atoms with Crippen molar-refractivity contribution < 1.29 is 4.74 Å². The molecule has 1 aromatic rings. The van der Waals surface area contributed by atoms with Crippen LogP contribution in [0.3, 0.4) is 0 Å². The lowest BCUT2D eigenvalue weighted by molar-refractivity contribution is 0.356. The molecule has 16 heavy (non-hydrogen) atoms. The Hall–Kier alpha value is -0.500. The summed E-state index contributed by atoms with van der Waals surface area (Å²) in [5.41, 5.74) is 2.02. The third-order valence-corrected chi connectivity index (χ3v) is 3.62. The molecule has 1 aliphatic rings. The number of benzene rings is 1. The Morgan fingerprint density at radius 1 is 1.06 bits per heavy atom. The van der Waals surface area contributed by atoms with Crippen molar-refractivity contribution in [1.82, 2.24) is 0 Å². The molecule has 0 amide bonds. The standard InChI is InChI=1S/C14H19BrO/c15-11-16-14-8-6-13(7-9-14)10-12-4-2-1-3-5-12/h6-9,12H,1-5,10-11H2. The van der Waals surface area contributed by atoms with Gasteiger partial charge >= 0.3 is 0 Å². The number of ether oxygens (including phenoxy) is 1. The van der Waals surface area contributed by atoms with Crippen molar-refractivity contribution >= 4 is 15.9 Å².